The Morgan fingerprint density at radius 2 is 1.74 bits per heavy atom. The van der Waals surface area contributed by atoms with Crippen LogP contribution in [0.25, 0.3) is 0 Å². The molecular weight excluding hydrogens is 257 g/mol. The van der Waals surface area contributed by atoms with Gasteiger partial charge in [-0.1, -0.05) is 12.8 Å². The van der Waals surface area contributed by atoms with Gasteiger partial charge >= 0.3 is 6.18 Å². The van der Waals surface area contributed by atoms with Crippen molar-refractivity contribution in [2.45, 2.75) is 56.7 Å². The van der Waals surface area contributed by atoms with Crippen molar-refractivity contribution in [1.82, 2.24) is 4.90 Å². The van der Waals surface area contributed by atoms with E-state index in [4.69, 9.17) is 5.73 Å². The summed E-state index contributed by atoms with van der Waals surface area (Å²) >= 11 is 0. The molecule has 1 aliphatic heterocycles. The number of nitrogens with zero attached hydrogens (tertiary/aromatic N) is 1. The zero-order valence-corrected chi connectivity index (χ0v) is 11.0. The molecule has 0 radical (unpaired) electrons. The van der Waals surface area contributed by atoms with Crippen molar-refractivity contribution in [2.24, 2.45) is 11.7 Å². The molecule has 2 N–H and O–H groups in total. The smallest absolute Gasteiger partial charge is 0.343 e. The van der Waals surface area contributed by atoms with Gasteiger partial charge < -0.3 is 10.6 Å². The van der Waals surface area contributed by atoms with Crippen molar-refractivity contribution >= 4 is 5.91 Å². The highest BCUT2D eigenvalue weighted by Gasteiger charge is 2.42. The molecule has 1 aliphatic carbocycles. The van der Waals surface area contributed by atoms with Crippen LogP contribution in [0.4, 0.5) is 13.2 Å². The Bertz CT molecular complexity index is 329. The molecule has 0 aromatic carbocycles. The number of carbonyl (C=O) groups is 1. The Morgan fingerprint density at radius 3 is 2.21 bits per heavy atom. The van der Waals surface area contributed by atoms with E-state index in [0.717, 1.165) is 25.7 Å². The summed E-state index contributed by atoms with van der Waals surface area (Å²) < 4.78 is 37.6. The van der Waals surface area contributed by atoms with Gasteiger partial charge in [-0.2, -0.15) is 13.2 Å². The summed E-state index contributed by atoms with van der Waals surface area (Å²) in [5, 5.41) is 0. The van der Waals surface area contributed by atoms with Gasteiger partial charge in [0, 0.05) is 25.0 Å². The summed E-state index contributed by atoms with van der Waals surface area (Å²) in [6, 6.07) is 0. The average Bonchev–Trinajstić information content (AvgIpc) is 2.75. The lowest BCUT2D eigenvalue weighted by Gasteiger charge is -2.35. The summed E-state index contributed by atoms with van der Waals surface area (Å²) in [4.78, 5) is 13.6. The molecule has 2 fully saturated rings. The normalized spacial score (nSPS) is 24.7. The minimum absolute atomic E-state index is 0.0206. The van der Waals surface area contributed by atoms with Crippen LogP contribution in [-0.2, 0) is 4.79 Å². The van der Waals surface area contributed by atoms with Crippen LogP contribution in [0.5, 0.6) is 0 Å². The van der Waals surface area contributed by atoms with E-state index >= 15 is 0 Å². The number of alkyl halides is 3. The Morgan fingerprint density at radius 1 is 1.21 bits per heavy atom. The summed E-state index contributed by atoms with van der Waals surface area (Å²) in [7, 11) is 0. The number of likely N-dealkylation sites (tertiary alicyclic amines) is 1. The molecule has 1 amide bonds. The van der Waals surface area contributed by atoms with Crippen molar-refractivity contribution in [1.29, 1.82) is 0 Å². The Labute approximate surface area is 111 Å². The predicted octanol–water partition coefficient (Wildman–Crippen LogP) is 2.45. The lowest BCUT2D eigenvalue weighted by Crippen LogP contribution is -2.47. The second kappa shape index (κ2) is 5.31. The number of rotatable bonds is 2. The van der Waals surface area contributed by atoms with E-state index in [0.29, 0.717) is 0 Å². The zero-order chi connectivity index (χ0) is 14.1. The topological polar surface area (TPSA) is 46.3 Å². The maximum atomic E-state index is 12.5. The molecule has 19 heavy (non-hydrogen) atoms. The van der Waals surface area contributed by atoms with Crippen LogP contribution >= 0.6 is 0 Å². The summed E-state index contributed by atoms with van der Waals surface area (Å²) in [5.41, 5.74) is 5.72. The SMILES string of the molecule is NC1(CC(=O)N2CCC(C(F)(F)F)CC2)CCCC1. The Balaban J connectivity index is 1.82. The number of amides is 1. The molecule has 2 aliphatic rings. The van der Waals surface area contributed by atoms with Crippen LogP contribution in [0.3, 0.4) is 0 Å². The number of carbonyl (C=O) groups excluding carboxylic acids is 1. The highest BCUT2D eigenvalue weighted by molar-refractivity contribution is 5.77. The minimum Gasteiger partial charge on any atom is -0.343 e. The first-order valence-corrected chi connectivity index (χ1v) is 6.94. The van der Waals surface area contributed by atoms with Crippen LogP contribution in [0.1, 0.15) is 44.9 Å². The largest absolute Gasteiger partial charge is 0.391 e. The number of halogens is 3. The van der Waals surface area contributed by atoms with Gasteiger partial charge in [0.15, 0.2) is 0 Å². The van der Waals surface area contributed by atoms with E-state index in [1.165, 1.54) is 0 Å². The second-order valence-corrected chi connectivity index (χ2v) is 5.94. The maximum Gasteiger partial charge on any atom is 0.391 e. The van der Waals surface area contributed by atoms with E-state index in [1.54, 1.807) is 4.90 Å². The lowest BCUT2D eigenvalue weighted by atomic mass is 9.92. The van der Waals surface area contributed by atoms with Crippen molar-refractivity contribution in [3.63, 3.8) is 0 Å². The predicted molar refractivity (Wildman–Crippen MR) is 65.4 cm³/mol. The van der Waals surface area contributed by atoms with Crippen molar-refractivity contribution in [3.8, 4) is 0 Å². The molecule has 0 aromatic rings. The Hall–Kier alpha value is -0.780. The monoisotopic (exact) mass is 278 g/mol. The molecule has 0 unspecified atom stereocenters. The van der Waals surface area contributed by atoms with Gasteiger partial charge in [0.2, 0.25) is 5.91 Å². The second-order valence-electron chi connectivity index (χ2n) is 5.94. The van der Waals surface area contributed by atoms with E-state index in [9.17, 15) is 18.0 Å². The van der Waals surface area contributed by atoms with Crippen molar-refractivity contribution < 1.29 is 18.0 Å². The van der Waals surface area contributed by atoms with Gasteiger partial charge in [0.05, 0.1) is 5.92 Å². The Kier molecular flexibility index (Phi) is 4.08. The van der Waals surface area contributed by atoms with Crippen LogP contribution < -0.4 is 5.73 Å². The first-order valence-electron chi connectivity index (χ1n) is 6.94. The quantitative estimate of drug-likeness (QED) is 0.843. The van der Waals surface area contributed by atoms with Gasteiger partial charge in [-0.25, -0.2) is 0 Å². The summed E-state index contributed by atoms with van der Waals surface area (Å²) in [6.07, 6.45) is -0.0334. The molecule has 0 atom stereocenters. The van der Waals surface area contributed by atoms with Gasteiger partial charge in [-0.15, -0.1) is 0 Å². The van der Waals surface area contributed by atoms with E-state index in [-0.39, 0.29) is 38.3 Å². The van der Waals surface area contributed by atoms with Crippen molar-refractivity contribution in [2.75, 3.05) is 13.1 Å². The fraction of sp³-hybridized carbons (Fsp3) is 0.923. The fourth-order valence-electron chi connectivity index (χ4n) is 3.13. The van der Waals surface area contributed by atoms with E-state index < -0.39 is 17.6 Å². The van der Waals surface area contributed by atoms with E-state index in [2.05, 4.69) is 0 Å². The fourth-order valence-corrected chi connectivity index (χ4v) is 3.13. The summed E-state index contributed by atoms with van der Waals surface area (Å²) in [6.45, 7) is 0.415. The minimum atomic E-state index is -4.13. The molecule has 0 spiro atoms. The molecule has 0 aromatic heterocycles. The molecule has 0 bridgehead atoms. The first-order chi connectivity index (χ1) is 8.80. The molecular formula is C13H21F3N2O. The number of nitrogens with two attached hydrogens (primary N) is 1. The van der Waals surface area contributed by atoms with Gasteiger partial charge in [0.25, 0.3) is 0 Å². The third-order valence-corrected chi connectivity index (χ3v) is 4.41. The summed E-state index contributed by atoms with van der Waals surface area (Å²) in [5.74, 6) is -1.33. The molecule has 1 heterocycles. The molecule has 2 rings (SSSR count). The van der Waals surface area contributed by atoms with Gasteiger partial charge in [0.1, 0.15) is 0 Å². The molecule has 1 saturated carbocycles. The standard InChI is InChI=1S/C13H21F3N2O/c14-13(15,16)10-3-7-18(8-4-10)11(19)9-12(17)5-1-2-6-12/h10H,1-9,17H2. The lowest BCUT2D eigenvalue weighted by molar-refractivity contribution is -0.186. The molecule has 6 heteroatoms. The zero-order valence-electron chi connectivity index (χ0n) is 11.0. The van der Waals surface area contributed by atoms with E-state index in [1.807, 2.05) is 0 Å². The molecule has 1 saturated heterocycles. The highest BCUT2D eigenvalue weighted by Crippen LogP contribution is 2.35. The molecule has 110 valence electrons. The van der Waals surface area contributed by atoms with Crippen molar-refractivity contribution in [3.05, 3.63) is 0 Å². The van der Waals surface area contributed by atoms with Crippen LogP contribution in [0.15, 0.2) is 0 Å². The van der Waals surface area contributed by atoms with Crippen LogP contribution in [0, 0.1) is 5.92 Å². The number of hydrogen-bond acceptors (Lipinski definition) is 2. The van der Waals surface area contributed by atoms with Gasteiger partial charge in [-0.05, 0) is 25.7 Å². The molecule has 3 nitrogen and oxygen atoms in total. The number of piperidine rings is 1. The first kappa shape index (κ1) is 14.6. The maximum absolute atomic E-state index is 12.5. The number of hydrogen-bond donors (Lipinski definition) is 1. The highest BCUT2D eigenvalue weighted by atomic mass is 19.4. The van der Waals surface area contributed by atoms with Crippen LogP contribution in [-0.4, -0.2) is 35.6 Å². The third kappa shape index (κ3) is 3.61. The van der Waals surface area contributed by atoms with Gasteiger partial charge in [-0.3, -0.25) is 4.79 Å². The third-order valence-electron chi connectivity index (χ3n) is 4.41. The van der Waals surface area contributed by atoms with Crippen LogP contribution in [0.2, 0.25) is 0 Å². The average molecular weight is 278 g/mol.